The van der Waals surface area contributed by atoms with Crippen LogP contribution in [0.4, 0.5) is 5.69 Å². The van der Waals surface area contributed by atoms with Gasteiger partial charge in [0.2, 0.25) is 11.8 Å². The molecule has 3 aromatic rings. The number of methoxy groups -OCH3 is 1. The Kier molecular flexibility index (Phi) is 3.79. The molecule has 5 nitrogen and oxygen atoms in total. The number of carbonyl (C=O) groups is 3. The monoisotopic (exact) mass is 423 g/mol. The fourth-order valence-electron chi connectivity index (χ4n) is 6.30. The van der Waals surface area contributed by atoms with Crippen LogP contribution in [0.5, 0.6) is 0 Å². The van der Waals surface area contributed by atoms with Crippen molar-refractivity contribution in [3.05, 3.63) is 101 Å². The fraction of sp³-hybridized carbons (Fsp3) is 0.222. The van der Waals surface area contributed by atoms with Gasteiger partial charge in [0.1, 0.15) is 0 Å². The average molecular weight is 423 g/mol. The summed E-state index contributed by atoms with van der Waals surface area (Å²) >= 11 is 0. The second-order valence-electron chi connectivity index (χ2n) is 8.91. The number of imide groups is 1. The minimum absolute atomic E-state index is 0.167. The molecule has 1 saturated heterocycles. The maximum Gasteiger partial charge on any atom is 0.337 e. The third-order valence-electron chi connectivity index (χ3n) is 7.57. The van der Waals surface area contributed by atoms with Crippen LogP contribution in [-0.2, 0) is 19.7 Å². The second kappa shape index (κ2) is 6.39. The van der Waals surface area contributed by atoms with E-state index < -0.39 is 23.2 Å². The highest BCUT2D eigenvalue weighted by Gasteiger charge is 2.66. The van der Waals surface area contributed by atoms with E-state index >= 15 is 0 Å². The summed E-state index contributed by atoms with van der Waals surface area (Å²) in [6.07, 6.45) is 0. The van der Waals surface area contributed by atoms with Gasteiger partial charge >= 0.3 is 5.97 Å². The molecular formula is C27H21NO4. The van der Waals surface area contributed by atoms with Gasteiger partial charge in [0.25, 0.3) is 0 Å². The van der Waals surface area contributed by atoms with Gasteiger partial charge in [-0.3, -0.25) is 9.59 Å². The zero-order valence-electron chi connectivity index (χ0n) is 17.7. The Bertz CT molecular complexity index is 1280. The molecule has 0 aromatic heterocycles. The molecule has 2 amide bonds. The minimum atomic E-state index is -0.603. The van der Waals surface area contributed by atoms with Crippen molar-refractivity contribution in [1.29, 1.82) is 0 Å². The highest BCUT2D eigenvalue weighted by Crippen LogP contribution is 2.64. The number of amides is 2. The second-order valence-corrected chi connectivity index (χ2v) is 8.91. The standard InChI is InChI=1S/C27H21NO4/c1-27-19-12-5-3-10-17(19)21(18-11-4-6-13-20(18)27)22-23(27)25(30)28(24(22)29)16-9-7-8-15(14-16)26(31)32-2/h3-14,21-23H,1-2H3/t21?,22-,23-,27?/m1/s1. The maximum absolute atomic E-state index is 13.9. The molecule has 0 N–H and O–H groups in total. The first-order chi connectivity index (χ1) is 15.5. The molecule has 0 unspecified atom stereocenters. The summed E-state index contributed by atoms with van der Waals surface area (Å²) in [5.74, 6) is -2.05. The van der Waals surface area contributed by atoms with Gasteiger partial charge in [0, 0.05) is 11.3 Å². The average Bonchev–Trinajstić information content (AvgIpc) is 3.10. The van der Waals surface area contributed by atoms with Crippen molar-refractivity contribution in [2.75, 3.05) is 12.0 Å². The smallest absolute Gasteiger partial charge is 0.337 e. The molecule has 5 heteroatoms. The van der Waals surface area contributed by atoms with Crippen LogP contribution >= 0.6 is 0 Å². The van der Waals surface area contributed by atoms with Crippen molar-refractivity contribution in [1.82, 2.24) is 0 Å². The Morgan fingerprint density at radius 3 is 2.12 bits per heavy atom. The van der Waals surface area contributed by atoms with E-state index in [-0.39, 0.29) is 17.7 Å². The SMILES string of the molecule is COC(=O)c1cccc(N2C(=O)[C@@H]3C4c5ccccc5C(C)(c5ccccc54)[C@H]3C2=O)c1. The van der Waals surface area contributed by atoms with Gasteiger partial charge in [-0.1, -0.05) is 61.5 Å². The predicted molar refractivity (Wildman–Crippen MR) is 118 cm³/mol. The number of esters is 1. The van der Waals surface area contributed by atoms with E-state index in [9.17, 15) is 14.4 Å². The molecule has 3 aliphatic carbocycles. The topological polar surface area (TPSA) is 63.7 Å². The first-order valence-electron chi connectivity index (χ1n) is 10.7. The number of rotatable bonds is 2. The van der Waals surface area contributed by atoms with Crippen LogP contribution in [0.15, 0.2) is 72.8 Å². The first kappa shape index (κ1) is 19.0. The van der Waals surface area contributed by atoms with E-state index in [0.29, 0.717) is 11.3 Å². The summed E-state index contributed by atoms with van der Waals surface area (Å²) in [5, 5.41) is 0. The summed E-state index contributed by atoms with van der Waals surface area (Å²) in [4.78, 5) is 41.1. The Morgan fingerprint density at radius 2 is 1.50 bits per heavy atom. The number of hydrogen-bond donors (Lipinski definition) is 0. The number of carbonyl (C=O) groups excluding carboxylic acids is 3. The van der Waals surface area contributed by atoms with Crippen LogP contribution in [-0.4, -0.2) is 24.9 Å². The molecule has 7 rings (SSSR count). The molecule has 0 radical (unpaired) electrons. The summed E-state index contributed by atoms with van der Waals surface area (Å²) in [7, 11) is 1.31. The first-order valence-corrected chi connectivity index (χ1v) is 10.7. The number of anilines is 1. The van der Waals surface area contributed by atoms with E-state index in [4.69, 9.17) is 4.74 Å². The third kappa shape index (κ3) is 2.15. The minimum Gasteiger partial charge on any atom is -0.465 e. The molecule has 1 fully saturated rings. The van der Waals surface area contributed by atoms with Crippen LogP contribution in [0.25, 0.3) is 0 Å². The molecule has 4 aliphatic rings. The number of nitrogens with zero attached hydrogens (tertiary/aromatic N) is 1. The number of benzene rings is 3. The van der Waals surface area contributed by atoms with Crippen LogP contribution in [0.2, 0.25) is 0 Å². The molecule has 158 valence electrons. The summed E-state index contributed by atoms with van der Waals surface area (Å²) < 4.78 is 4.82. The van der Waals surface area contributed by atoms with E-state index in [2.05, 4.69) is 31.2 Å². The lowest BCUT2D eigenvalue weighted by Gasteiger charge is -2.52. The lowest BCUT2D eigenvalue weighted by molar-refractivity contribution is -0.123. The fourth-order valence-corrected chi connectivity index (χ4v) is 6.30. The van der Waals surface area contributed by atoms with Crippen molar-refractivity contribution >= 4 is 23.5 Å². The van der Waals surface area contributed by atoms with Crippen LogP contribution in [0.3, 0.4) is 0 Å². The molecule has 1 aliphatic heterocycles. The lowest BCUT2D eigenvalue weighted by Crippen LogP contribution is -2.51. The van der Waals surface area contributed by atoms with Gasteiger partial charge in [-0.2, -0.15) is 0 Å². The van der Waals surface area contributed by atoms with E-state index in [1.807, 2.05) is 24.3 Å². The van der Waals surface area contributed by atoms with Gasteiger partial charge in [-0.25, -0.2) is 9.69 Å². The molecule has 0 spiro atoms. The largest absolute Gasteiger partial charge is 0.465 e. The van der Waals surface area contributed by atoms with Crippen molar-refractivity contribution < 1.29 is 19.1 Å². The predicted octanol–water partition coefficient (Wildman–Crippen LogP) is 4.04. The highest BCUT2D eigenvalue weighted by atomic mass is 16.5. The Morgan fingerprint density at radius 1 is 0.875 bits per heavy atom. The van der Waals surface area contributed by atoms with Gasteiger partial charge in [0.05, 0.1) is 30.2 Å². The molecule has 2 bridgehead atoms. The Labute approximate surface area is 185 Å². The van der Waals surface area contributed by atoms with Crippen molar-refractivity contribution in [3.63, 3.8) is 0 Å². The van der Waals surface area contributed by atoms with Crippen molar-refractivity contribution in [2.24, 2.45) is 11.8 Å². The zero-order valence-corrected chi connectivity index (χ0v) is 17.7. The molecule has 32 heavy (non-hydrogen) atoms. The van der Waals surface area contributed by atoms with E-state index in [0.717, 1.165) is 22.3 Å². The van der Waals surface area contributed by atoms with Crippen molar-refractivity contribution in [2.45, 2.75) is 18.3 Å². The molecule has 3 aromatic carbocycles. The maximum atomic E-state index is 13.9. The summed E-state index contributed by atoms with van der Waals surface area (Å²) in [6, 6.07) is 22.9. The van der Waals surface area contributed by atoms with Crippen LogP contribution in [0.1, 0.15) is 45.5 Å². The lowest BCUT2D eigenvalue weighted by atomic mass is 9.48. The van der Waals surface area contributed by atoms with E-state index in [1.54, 1.807) is 24.3 Å². The number of hydrogen-bond acceptors (Lipinski definition) is 4. The van der Waals surface area contributed by atoms with Gasteiger partial charge < -0.3 is 4.74 Å². The van der Waals surface area contributed by atoms with Crippen molar-refractivity contribution in [3.8, 4) is 0 Å². The summed E-state index contributed by atoms with van der Waals surface area (Å²) in [5.41, 5.74) is 4.61. The van der Waals surface area contributed by atoms with Gasteiger partial charge in [-0.05, 0) is 40.5 Å². The van der Waals surface area contributed by atoms with Gasteiger partial charge in [0.15, 0.2) is 0 Å². The highest BCUT2D eigenvalue weighted by molar-refractivity contribution is 6.24. The summed E-state index contributed by atoms with van der Waals surface area (Å²) in [6.45, 7) is 2.09. The normalized spacial score (nSPS) is 27.1. The Balaban J connectivity index is 1.56. The third-order valence-corrected chi connectivity index (χ3v) is 7.57. The molecule has 1 heterocycles. The Hall–Kier alpha value is -3.73. The van der Waals surface area contributed by atoms with Crippen LogP contribution < -0.4 is 4.90 Å². The molecular weight excluding hydrogens is 402 g/mol. The molecule has 0 saturated carbocycles. The molecule has 2 atom stereocenters. The quantitative estimate of drug-likeness (QED) is 0.461. The van der Waals surface area contributed by atoms with E-state index in [1.165, 1.54) is 12.0 Å². The van der Waals surface area contributed by atoms with Crippen LogP contribution in [0, 0.1) is 11.8 Å². The van der Waals surface area contributed by atoms with Gasteiger partial charge in [-0.15, -0.1) is 0 Å². The number of ether oxygens (including phenoxy) is 1. The zero-order chi connectivity index (χ0) is 22.2.